The molecule has 1 saturated heterocycles. The summed E-state index contributed by atoms with van der Waals surface area (Å²) in [6.45, 7) is 0.741. The lowest BCUT2D eigenvalue weighted by atomic mass is 10.0. The third kappa shape index (κ3) is 3.23. The quantitative estimate of drug-likeness (QED) is 0.939. The summed E-state index contributed by atoms with van der Waals surface area (Å²) < 4.78 is 0. The molecule has 2 amide bonds. The van der Waals surface area contributed by atoms with Crippen LogP contribution in [-0.2, 0) is 11.2 Å². The number of carbonyl (C=O) groups excluding carboxylic acids is 2. The van der Waals surface area contributed by atoms with E-state index < -0.39 is 5.91 Å². The highest BCUT2D eigenvalue weighted by Crippen LogP contribution is 2.32. The molecule has 0 radical (unpaired) electrons. The molecule has 5 heteroatoms. The summed E-state index contributed by atoms with van der Waals surface area (Å²) in [5.41, 5.74) is 7.60. The molecule has 118 valence electrons. The summed E-state index contributed by atoms with van der Waals surface area (Å²) >= 11 is 0. The minimum atomic E-state index is -0.500. The van der Waals surface area contributed by atoms with Crippen molar-refractivity contribution in [1.29, 1.82) is 0 Å². The van der Waals surface area contributed by atoms with Crippen LogP contribution in [0, 0.1) is 0 Å². The normalized spacial score (nSPS) is 17.2. The van der Waals surface area contributed by atoms with Gasteiger partial charge in [-0.2, -0.15) is 0 Å². The van der Waals surface area contributed by atoms with Gasteiger partial charge < -0.3 is 10.6 Å². The standard InChI is InChI=1S/C18H19N3O2/c19-18(23)15-5-2-1-4-14(15)12-17(22)21-11-3-6-16(21)13-7-9-20-10-8-13/h1-2,4-5,7-10,16H,3,6,11-12H2,(H2,19,23). The Bertz CT molecular complexity index is 715. The Hall–Kier alpha value is -2.69. The first-order valence-electron chi connectivity index (χ1n) is 7.74. The van der Waals surface area contributed by atoms with E-state index in [1.807, 2.05) is 23.1 Å². The van der Waals surface area contributed by atoms with Crippen LogP contribution in [0.1, 0.15) is 40.4 Å². The number of aromatic nitrogens is 1. The maximum atomic E-state index is 12.7. The third-order valence-electron chi connectivity index (χ3n) is 4.29. The molecule has 2 heterocycles. The van der Waals surface area contributed by atoms with Gasteiger partial charge in [-0.05, 0) is 42.2 Å². The van der Waals surface area contributed by atoms with E-state index in [1.54, 1.807) is 30.6 Å². The van der Waals surface area contributed by atoms with Crippen molar-refractivity contribution in [3.05, 3.63) is 65.5 Å². The first kappa shape index (κ1) is 15.2. The van der Waals surface area contributed by atoms with Crippen LogP contribution in [0.5, 0.6) is 0 Å². The summed E-state index contributed by atoms with van der Waals surface area (Å²) in [4.78, 5) is 30.2. The maximum absolute atomic E-state index is 12.7. The molecule has 0 aliphatic carbocycles. The van der Waals surface area contributed by atoms with Gasteiger partial charge in [-0.1, -0.05) is 18.2 Å². The summed E-state index contributed by atoms with van der Waals surface area (Å²) in [6, 6.07) is 11.0. The lowest BCUT2D eigenvalue weighted by Gasteiger charge is -2.25. The number of pyridine rings is 1. The van der Waals surface area contributed by atoms with Crippen molar-refractivity contribution in [2.24, 2.45) is 5.73 Å². The van der Waals surface area contributed by atoms with Crippen LogP contribution < -0.4 is 5.73 Å². The largest absolute Gasteiger partial charge is 0.366 e. The Labute approximate surface area is 135 Å². The minimum absolute atomic E-state index is 0.0259. The topological polar surface area (TPSA) is 76.3 Å². The van der Waals surface area contributed by atoms with Crippen LogP contribution in [0.15, 0.2) is 48.8 Å². The van der Waals surface area contributed by atoms with Gasteiger partial charge in [-0.3, -0.25) is 14.6 Å². The van der Waals surface area contributed by atoms with Crippen molar-refractivity contribution in [2.75, 3.05) is 6.54 Å². The average Bonchev–Trinajstić information content (AvgIpc) is 3.05. The predicted octanol–water partition coefficient (Wildman–Crippen LogP) is 2.09. The first-order chi connectivity index (χ1) is 11.2. The number of carbonyl (C=O) groups is 2. The number of benzene rings is 1. The molecule has 0 bridgehead atoms. The zero-order valence-corrected chi connectivity index (χ0v) is 12.8. The van der Waals surface area contributed by atoms with E-state index in [4.69, 9.17) is 5.73 Å². The number of nitrogens with two attached hydrogens (primary N) is 1. The van der Waals surface area contributed by atoms with E-state index in [2.05, 4.69) is 4.98 Å². The van der Waals surface area contributed by atoms with Gasteiger partial charge in [0.1, 0.15) is 0 Å². The van der Waals surface area contributed by atoms with Crippen molar-refractivity contribution < 1.29 is 9.59 Å². The second-order valence-corrected chi connectivity index (χ2v) is 5.72. The van der Waals surface area contributed by atoms with Crippen molar-refractivity contribution in [1.82, 2.24) is 9.88 Å². The van der Waals surface area contributed by atoms with Gasteiger partial charge >= 0.3 is 0 Å². The second-order valence-electron chi connectivity index (χ2n) is 5.72. The van der Waals surface area contributed by atoms with Crippen LogP contribution in [-0.4, -0.2) is 28.2 Å². The lowest BCUT2D eigenvalue weighted by molar-refractivity contribution is -0.131. The second kappa shape index (κ2) is 6.60. The molecule has 1 unspecified atom stereocenters. The number of nitrogens with zero attached hydrogens (tertiary/aromatic N) is 2. The molecular weight excluding hydrogens is 290 g/mol. The Morgan fingerprint density at radius 2 is 1.91 bits per heavy atom. The Kier molecular flexibility index (Phi) is 4.37. The highest BCUT2D eigenvalue weighted by molar-refractivity contribution is 5.95. The Morgan fingerprint density at radius 1 is 1.17 bits per heavy atom. The fraction of sp³-hybridized carbons (Fsp3) is 0.278. The van der Waals surface area contributed by atoms with E-state index in [-0.39, 0.29) is 18.4 Å². The molecule has 3 rings (SSSR count). The van der Waals surface area contributed by atoms with Crippen molar-refractivity contribution >= 4 is 11.8 Å². The Balaban J connectivity index is 1.79. The van der Waals surface area contributed by atoms with E-state index in [9.17, 15) is 9.59 Å². The molecule has 1 fully saturated rings. The smallest absolute Gasteiger partial charge is 0.248 e. The van der Waals surface area contributed by atoms with Crippen LogP contribution in [0.25, 0.3) is 0 Å². The summed E-state index contributed by atoms with van der Waals surface area (Å²) in [5.74, 6) is -0.474. The van der Waals surface area contributed by atoms with Gasteiger partial charge in [0.05, 0.1) is 12.5 Å². The van der Waals surface area contributed by atoms with Crippen LogP contribution in [0.3, 0.4) is 0 Å². The molecule has 0 saturated carbocycles. The maximum Gasteiger partial charge on any atom is 0.248 e. The Morgan fingerprint density at radius 3 is 2.65 bits per heavy atom. The summed E-state index contributed by atoms with van der Waals surface area (Å²) in [6.07, 6.45) is 5.63. The zero-order valence-electron chi connectivity index (χ0n) is 12.8. The molecule has 1 aromatic carbocycles. The van der Waals surface area contributed by atoms with Crippen LogP contribution in [0.2, 0.25) is 0 Å². The fourth-order valence-corrected chi connectivity index (χ4v) is 3.18. The number of hydrogen-bond donors (Lipinski definition) is 1. The van der Waals surface area contributed by atoms with E-state index in [0.717, 1.165) is 24.9 Å². The molecule has 1 aliphatic heterocycles. The van der Waals surface area contributed by atoms with Crippen molar-refractivity contribution in [2.45, 2.75) is 25.3 Å². The van der Waals surface area contributed by atoms with E-state index in [1.165, 1.54) is 0 Å². The zero-order chi connectivity index (χ0) is 16.2. The lowest BCUT2D eigenvalue weighted by Crippen LogP contribution is -2.32. The molecule has 5 nitrogen and oxygen atoms in total. The summed E-state index contributed by atoms with van der Waals surface area (Å²) in [7, 11) is 0. The molecule has 1 atom stereocenters. The number of rotatable bonds is 4. The van der Waals surface area contributed by atoms with Crippen LogP contribution in [0.4, 0.5) is 0 Å². The first-order valence-corrected chi connectivity index (χ1v) is 7.74. The van der Waals surface area contributed by atoms with E-state index in [0.29, 0.717) is 11.1 Å². The molecule has 2 N–H and O–H groups in total. The molecule has 0 spiro atoms. The highest BCUT2D eigenvalue weighted by atomic mass is 16.2. The monoisotopic (exact) mass is 309 g/mol. The highest BCUT2D eigenvalue weighted by Gasteiger charge is 2.30. The van der Waals surface area contributed by atoms with Gasteiger partial charge in [0, 0.05) is 24.5 Å². The summed E-state index contributed by atoms with van der Waals surface area (Å²) in [5, 5.41) is 0. The molecule has 2 aromatic rings. The van der Waals surface area contributed by atoms with Crippen LogP contribution >= 0.6 is 0 Å². The van der Waals surface area contributed by atoms with Gasteiger partial charge in [0.2, 0.25) is 11.8 Å². The van der Waals surface area contributed by atoms with Gasteiger partial charge in [0.15, 0.2) is 0 Å². The molecular formula is C18H19N3O2. The minimum Gasteiger partial charge on any atom is -0.366 e. The van der Waals surface area contributed by atoms with E-state index >= 15 is 0 Å². The number of hydrogen-bond acceptors (Lipinski definition) is 3. The predicted molar refractivity (Wildman–Crippen MR) is 86.6 cm³/mol. The van der Waals surface area contributed by atoms with Gasteiger partial charge in [-0.15, -0.1) is 0 Å². The molecule has 1 aromatic heterocycles. The number of likely N-dealkylation sites (tertiary alicyclic amines) is 1. The molecule has 1 aliphatic rings. The van der Waals surface area contributed by atoms with Gasteiger partial charge in [0.25, 0.3) is 0 Å². The fourth-order valence-electron chi connectivity index (χ4n) is 3.18. The molecule has 23 heavy (non-hydrogen) atoms. The average molecular weight is 309 g/mol. The number of primary amides is 1. The van der Waals surface area contributed by atoms with Gasteiger partial charge in [-0.25, -0.2) is 0 Å². The van der Waals surface area contributed by atoms with Crippen molar-refractivity contribution in [3.8, 4) is 0 Å². The third-order valence-corrected chi connectivity index (χ3v) is 4.29. The SMILES string of the molecule is NC(=O)c1ccccc1CC(=O)N1CCCC1c1ccncc1. The number of amides is 2. The van der Waals surface area contributed by atoms with Crippen molar-refractivity contribution in [3.63, 3.8) is 0 Å².